The van der Waals surface area contributed by atoms with Gasteiger partial charge >= 0.3 is 0 Å². The van der Waals surface area contributed by atoms with E-state index in [1.165, 1.54) is 39.2 Å². The molecule has 4 heteroatoms. The quantitative estimate of drug-likeness (QED) is 0.736. The fraction of sp³-hybridized carbons (Fsp3) is 0.467. The molecule has 19 heavy (non-hydrogen) atoms. The maximum absolute atomic E-state index is 3.79. The SMILES string of the molecule is Brc1ccc(CNC(c2cccs2)C2CCCC2)s1. The Bertz CT molecular complexity index is 500. The van der Waals surface area contributed by atoms with Crippen LogP contribution in [0.3, 0.4) is 0 Å². The molecule has 1 aliphatic rings. The summed E-state index contributed by atoms with van der Waals surface area (Å²) in [5.41, 5.74) is 0. The lowest BCUT2D eigenvalue weighted by Gasteiger charge is -2.23. The smallest absolute Gasteiger partial charge is 0.0701 e. The van der Waals surface area contributed by atoms with E-state index in [0.717, 1.165) is 12.5 Å². The largest absolute Gasteiger partial charge is 0.304 e. The summed E-state index contributed by atoms with van der Waals surface area (Å²) in [7, 11) is 0. The summed E-state index contributed by atoms with van der Waals surface area (Å²) in [4.78, 5) is 2.91. The number of halogens is 1. The normalized spacial score (nSPS) is 17.9. The Morgan fingerprint density at radius 1 is 1.26 bits per heavy atom. The molecule has 1 saturated carbocycles. The summed E-state index contributed by atoms with van der Waals surface area (Å²) >= 11 is 7.25. The summed E-state index contributed by atoms with van der Waals surface area (Å²) in [6.45, 7) is 0.981. The fourth-order valence-corrected chi connectivity index (χ4v) is 5.24. The minimum atomic E-state index is 0.545. The first-order chi connectivity index (χ1) is 9.33. The first-order valence-corrected chi connectivity index (χ1v) is 9.33. The lowest BCUT2D eigenvalue weighted by molar-refractivity contribution is 0.372. The third-order valence-corrected chi connectivity index (χ3v) is 6.43. The van der Waals surface area contributed by atoms with Crippen molar-refractivity contribution in [2.75, 3.05) is 0 Å². The molecule has 0 bridgehead atoms. The van der Waals surface area contributed by atoms with Gasteiger partial charge in [-0.05, 0) is 58.3 Å². The highest BCUT2D eigenvalue weighted by atomic mass is 79.9. The topological polar surface area (TPSA) is 12.0 Å². The molecule has 1 atom stereocenters. The van der Waals surface area contributed by atoms with E-state index in [4.69, 9.17) is 0 Å². The lowest BCUT2D eigenvalue weighted by Crippen LogP contribution is -2.25. The number of hydrogen-bond acceptors (Lipinski definition) is 3. The van der Waals surface area contributed by atoms with Crippen molar-refractivity contribution in [3.8, 4) is 0 Å². The fourth-order valence-electron chi connectivity index (χ4n) is 2.92. The zero-order valence-electron chi connectivity index (χ0n) is 10.8. The maximum Gasteiger partial charge on any atom is 0.0701 e. The van der Waals surface area contributed by atoms with Crippen LogP contribution in [0.2, 0.25) is 0 Å². The van der Waals surface area contributed by atoms with Crippen LogP contribution >= 0.6 is 38.6 Å². The van der Waals surface area contributed by atoms with E-state index in [0.29, 0.717) is 6.04 Å². The molecule has 2 aromatic rings. The van der Waals surface area contributed by atoms with Crippen molar-refractivity contribution in [1.29, 1.82) is 0 Å². The van der Waals surface area contributed by atoms with Crippen LogP contribution in [0.15, 0.2) is 33.4 Å². The van der Waals surface area contributed by atoms with Gasteiger partial charge in [-0.2, -0.15) is 0 Å². The standard InChI is InChI=1S/C15H18BrNS2/c16-14-8-7-12(19-14)10-17-15(11-4-1-2-5-11)13-6-3-9-18-13/h3,6-9,11,15,17H,1-2,4-5,10H2. The molecule has 0 saturated heterocycles. The molecule has 2 aromatic heterocycles. The van der Waals surface area contributed by atoms with Crippen LogP contribution in [-0.4, -0.2) is 0 Å². The monoisotopic (exact) mass is 355 g/mol. The Kier molecular flexibility index (Phi) is 4.74. The highest BCUT2D eigenvalue weighted by Gasteiger charge is 2.26. The van der Waals surface area contributed by atoms with Gasteiger partial charge in [-0.3, -0.25) is 0 Å². The Labute approximate surface area is 131 Å². The van der Waals surface area contributed by atoms with Gasteiger partial charge in [0.05, 0.1) is 3.79 Å². The van der Waals surface area contributed by atoms with Gasteiger partial charge in [0, 0.05) is 22.3 Å². The first kappa shape index (κ1) is 13.8. The van der Waals surface area contributed by atoms with E-state index >= 15 is 0 Å². The van der Waals surface area contributed by atoms with Crippen molar-refractivity contribution < 1.29 is 0 Å². The van der Waals surface area contributed by atoms with Gasteiger partial charge in [0.25, 0.3) is 0 Å². The molecular weight excluding hydrogens is 338 g/mol. The van der Waals surface area contributed by atoms with Crippen LogP contribution < -0.4 is 5.32 Å². The van der Waals surface area contributed by atoms with Crippen LogP contribution in [0, 0.1) is 5.92 Å². The highest BCUT2D eigenvalue weighted by Crippen LogP contribution is 2.37. The van der Waals surface area contributed by atoms with Gasteiger partial charge in [0.2, 0.25) is 0 Å². The summed E-state index contributed by atoms with van der Waals surface area (Å²) in [6, 6.07) is 9.35. The van der Waals surface area contributed by atoms with Gasteiger partial charge in [-0.1, -0.05) is 18.9 Å². The van der Waals surface area contributed by atoms with Crippen molar-refractivity contribution in [3.63, 3.8) is 0 Å². The van der Waals surface area contributed by atoms with E-state index in [1.807, 2.05) is 22.7 Å². The summed E-state index contributed by atoms with van der Waals surface area (Å²) < 4.78 is 1.22. The van der Waals surface area contributed by atoms with Gasteiger partial charge in [-0.25, -0.2) is 0 Å². The molecule has 0 amide bonds. The average molecular weight is 356 g/mol. The third kappa shape index (κ3) is 3.48. The molecule has 1 aliphatic carbocycles. The molecule has 3 rings (SSSR count). The second kappa shape index (κ2) is 6.53. The number of rotatable bonds is 5. The van der Waals surface area contributed by atoms with Crippen LogP contribution in [0.4, 0.5) is 0 Å². The Morgan fingerprint density at radius 2 is 2.11 bits per heavy atom. The van der Waals surface area contributed by atoms with Gasteiger partial charge in [0.15, 0.2) is 0 Å². The van der Waals surface area contributed by atoms with Crippen molar-refractivity contribution in [2.45, 2.75) is 38.3 Å². The van der Waals surface area contributed by atoms with E-state index in [1.54, 1.807) is 0 Å². The molecule has 1 fully saturated rings. The second-order valence-electron chi connectivity index (χ2n) is 5.12. The minimum Gasteiger partial charge on any atom is -0.304 e. The molecule has 1 nitrogen and oxygen atoms in total. The van der Waals surface area contributed by atoms with Crippen molar-refractivity contribution >= 4 is 38.6 Å². The zero-order valence-corrected chi connectivity index (χ0v) is 14.0. The van der Waals surface area contributed by atoms with Crippen LogP contribution in [0.1, 0.15) is 41.5 Å². The van der Waals surface area contributed by atoms with Crippen molar-refractivity contribution in [3.05, 3.63) is 43.2 Å². The molecule has 0 radical (unpaired) electrons. The Morgan fingerprint density at radius 3 is 2.74 bits per heavy atom. The predicted molar refractivity (Wildman–Crippen MR) is 87.9 cm³/mol. The molecule has 0 aliphatic heterocycles. The first-order valence-electron chi connectivity index (χ1n) is 6.84. The van der Waals surface area contributed by atoms with Crippen molar-refractivity contribution in [1.82, 2.24) is 5.32 Å². The van der Waals surface area contributed by atoms with Gasteiger partial charge in [-0.15, -0.1) is 22.7 Å². The van der Waals surface area contributed by atoms with Gasteiger partial charge in [0.1, 0.15) is 0 Å². The Hall–Kier alpha value is -0.160. The minimum absolute atomic E-state index is 0.545. The van der Waals surface area contributed by atoms with Crippen molar-refractivity contribution in [2.24, 2.45) is 5.92 Å². The number of hydrogen-bond donors (Lipinski definition) is 1. The van der Waals surface area contributed by atoms with E-state index in [2.05, 4.69) is 50.9 Å². The molecule has 0 aromatic carbocycles. The Balaban J connectivity index is 1.68. The van der Waals surface area contributed by atoms with E-state index in [-0.39, 0.29) is 0 Å². The van der Waals surface area contributed by atoms with E-state index < -0.39 is 0 Å². The van der Waals surface area contributed by atoms with Gasteiger partial charge < -0.3 is 5.32 Å². The van der Waals surface area contributed by atoms with Crippen LogP contribution in [-0.2, 0) is 6.54 Å². The number of thiophene rings is 2. The molecule has 2 heterocycles. The molecule has 0 spiro atoms. The molecular formula is C15H18BrNS2. The second-order valence-corrected chi connectivity index (χ2v) is 8.65. The summed E-state index contributed by atoms with van der Waals surface area (Å²) in [5, 5.41) is 5.99. The zero-order chi connectivity index (χ0) is 13.1. The lowest BCUT2D eigenvalue weighted by atomic mass is 9.96. The predicted octanol–water partition coefficient (Wildman–Crippen LogP) is 5.59. The highest BCUT2D eigenvalue weighted by molar-refractivity contribution is 9.11. The van der Waals surface area contributed by atoms with Crippen LogP contribution in [0.5, 0.6) is 0 Å². The summed E-state index contributed by atoms with van der Waals surface area (Å²) in [5.74, 6) is 0.821. The molecule has 1 N–H and O–H groups in total. The summed E-state index contributed by atoms with van der Waals surface area (Å²) in [6.07, 6.45) is 5.56. The maximum atomic E-state index is 3.79. The van der Waals surface area contributed by atoms with E-state index in [9.17, 15) is 0 Å². The molecule has 102 valence electrons. The number of nitrogens with one attached hydrogen (secondary N) is 1. The van der Waals surface area contributed by atoms with Crippen LogP contribution in [0.25, 0.3) is 0 Å². The third-order valence-electron chi connectivity index (χ3n) is 3.85. The molecule has 1 unspecified atom stereocenters. The average Bonchev–Trinajstić information content (AvgIpc) is 3.11.